The van der Waals surface area contributed by atoms with Crippen LogP contribution in [0.3, 0.4) is 0 Å². The molecule has 0 saturated carbocycles. The third-order valence-electron chi connectivity index (χ3n) is 4.80. The number of halogens is 4. The Balaban J connectivity index is 2.22. The Morgan fingerprint density at radius 3 is 2.50 bits per heavy atom. The predicted octanol–water partition coefficient (Wildman–Crippen LogP) is 3.36. The Kier molecular flexibility index (Phi) is 6.48. The van der Waals surface area contributed by atoms with E-state index >= 15 is 0 Å². The summed E-state index contributed by atoms with van der Waals surface area (Å²) in [5.74, 6) is 0.171. The molecule has 1 saturated heterocycles. The maximum Gasteiger partial charge on any atom is 0.335 e. The van der Waals surface area contributed by atoms with Crippen LogP contribution < -0.4 is 10.6 Å². The molecule has 0 spiro atoms. The van der Waals surface area contributed by atoms with Crippen LogP contribution in [0.2, 0.25) is 5.02 Å². The molecule has 1 aliphatic heterocycles. The second-order valence-corrected chi connectivity index (χ2v) is 7.30. The number of anilines is 2. The van der Waals surface area contributed by atoms with Gasteiger partial charge in [0.25, 0.3) is 0 Å². The second kappa shape index (κ2) is 8.94. The zero-order valence-electron chi connectivity index (χ0n) is 16.7. The topological polar surface area (TPSA) is 99.7 Å². The molecule has 0 unspecified atom stereocenters. The highest BCUT2D eigenvalue weighted by molar-refractivity contribution is 6.35. The molecule has 6 nitrogen and oxygen atoms in total. The lowest BCUT2D eigenvalue weighted by atomic mass is 9.93. The SMILES string of the molecule is C=C(/C(=C\C)C(=O)O)c1cc(F)c(N2CC(O)C2)c(Cl)c1C#Cc1nc(N)c(F)cc1F. The zero-order chi connectivity index (χ0) is 23.7. The van der Waals surface area contributed by atoms with Gasteiger partial charge in [-0.3, -0.25) is 0 Å². The molecule has 1 aliphatic rings. The minimum atomic E-state index is -1.30. The van der Waals surface area contributed by atoms with Crippen molar-refractivity contribution in [2.24, 2.45) is 0 Å². The van der Waals surface area contributed by atoms with Gasteiger partial charge in [-0.1, -0.05) is 30.2 Å². The van der Waals surface area contributed by atoms with Gasteiger partial charge in [-0.2, -0.15) is 0 Å². The number of carboxylic acid groups (broad SMARTS) is 1. The van der Waals surface area contributed by atoms with Crippen molar-refractivity contribution in [3.05, 3.63) is 69.7 Å². The van der Waals surface area contributed by atoms with Crippen LogP contribution in [0.1, 0.15) is 23.7 Å². The van der Waals surface area contributed by atoms with Crippen LogP contribution in [0.25, 0.3) is 5.57 Å². The largest absolute Gasteiger partial charge is 0.478 e. The van der Waals surface area contributed by atoms with Gasteiger partial charge in [0.1, 0.15) is 5.82 Å². The second-order valence-electron chi connectivity index (χ2n) is 6.92. The maximum atomic E-state index is 14.9. The average molecular weight is 464 g/mol. The van der Waals surface area contributed by atoms with Crippen LogP contribution >= 0.6 is 11.6 Å². The third-order valence-corrected chi connectivity index (χ3v) is 5.17. The number of benzene rings is 1. The van der Waals surface area contributed by atoms with Crippen LogP contribution in [0.4, 0.5) is 24.7 Å². The van der Waals surface area contributed by atoms with Crippen LogP contribution in [-0.2, 0) is 4.79 Å². The summed E-state index contributed by atoms with van der Waals surface area (Å²) < 4.78 is 42.4. The number of aliphatic hydroxyl groups is 1. The van der Waals surface area contributed by atoms with Crippen LogP contribution in [0.15, 0.2) is 30.4 Å². The fraction of sp³-hybridized carbons (Fsp3) is 0.182. The Morgan fingerprint density at radius 2 is 1.94 bits per heavy atom. The first-order chi connectivity index (χ1) is 15.0. The summed E-state index contributed by atoms with van der Waals surface area (Å²) in [5.41, 5.74) is 4.47. The molecule has 4 N–H and O–H groups in total. The fourth-order valence-electron chi connectivity index (χ4n) is 3.16. The lowest BCUT2D eigenvalue weighted by molar-refractivity contribution is -0.132. The number of nitrogens with zero attached hydrogens (tertiary/aromatic N) is 2. The predicted molar refractivity (Wildman–Crippen MR) is 115 cm³/mol. The monoisotopic (exact) mass is 463 g/mol. The van der Waals surface area contributed by atoms with E-state index in [2.05, 4.69) is 23.4 Å². The first-order valence-corrected chi connectivity index (χ1v) is 9.60. The summed E-state index contributed by atoms with van der Waals surface area (Å²) in [7, 11) is 0. The van der Waals surface area contributed by atoms with Crippen molar-refractivity contribution < 1.29 is 28.2 Å². The van der Waals surface area contributed by atoms with Crippen LogP contribution in [0.5, 0.6) is 0 Å². The van der Waals surface area contributed by atoms with Crippen molar-refractivity contribution in [3.63, 3.8) is 0 Å². The average Bonchev–Trinajstić information content (AvgIpc) is 2.69. The molecule has 1 aromatic carbocycles. The van der Waals surface area contributed by atoms with E-state index in [-0.39, 0.29) is 46.1 Å². The molecule has 1 aromatic heterocycles. The lowest BCUT2D eigenvalue weighted by Gasteiger charge is -2.38. The van der Waals surface area contributed by atoms with E-state index in [0.29, 0.717) is 6.07 Å². The summed E-state index contributed by atoms with van der Waals surface area (Å²) in [6.07, 6.45) is 0.617. The van der Waals surface area contributed by atoms with Crippen LogP contribution in [-0.4, -0.2) is 40.4 Å². The molecule has 166 valence electrons. The quantitative estimate of drug-likeness (QED) is 0.365. The van der Waals surface area contributed by atoms with Gasteiger partial charge in [0.15, 0.2) is 23.1 Å². The molecule has 0 bridgehead atoms. The summed E-state index contributed by atoms with van der Waals surface area (Å²) >= 11 is 6.44. The number of hydrogen-bond acceptors (Lipinski definition) is 5. The molecule has 0 amide bonds. The van der Waals surface area contributed by atoms with Crippen molar-refractivity contribution in [3.8, 4) is 11.8 Å². The number of carbonyl (C=O) groups is 1. The first kappa shape index (κ1) is 23.2. The number of hydrogen-bond donors (Lipinski definition) is 3. The highest BCUT2D eigenvalue weighted by Gasteiger charge is 2.31. The Labute approximate surface area is 186 Å². The first-order valence-electron chi connectivity index (χ1n) is 9.22. The van der Waals surface area contributed by atoms with Crippen molar-refractivity contribution in [1.82, 2.24) is 4.98 Å². The smallest absolute Gasteiger partial charge is 0.335 e. The van der Waals surface area contributed by atoms with Gasteiger partial charge in [-0.25, -0.2) is 22.9 Å². The molecular weight excluding hydrogens is 447 g/mol. The fourth-order valence-corrected chi connectivity index (χ4v) is 3.52. The number of aromatic nitrogens is 1. The molecule has 0 radical (unpaired) electrons. The van der Waals surface area contributed by atoms with Crippen molar-refractivity contribution in [2.75, 3.05) is 23.7 Å². The molecule has 10 heteroatoms. The Morgan fingerprint density at radius 1 is 1.28 bits per heavy atom. The van der Waals surface area contributed by atoms with Crippen molar-refractivity contribution >= 4 is 34.6 Å². The number of nitrogen functional groups attached to an aromatic ring is 1. The van der Waals surface area contributed by atoms with Crippen molar-refractivity contribution in [1.29, 1.82) is 0 Å². The van der Waals surface area contributed by atoms with Gasteiger partial charge in [0, 0.05) is 24.7 Å². The van der Waals surface area contributed by atoms with Gasteiger partial charge >= 0.3 is 5.97 Å². The number of rotatable bonds is 4. The molecule has 1 fully saturated rings. The van der Waals surface area contributed by atoms with Gasteiger partial charge in [-0.05, 0) is 24.5 Å². The third kappa shape index (κ3) is 4.28. The molecule has 3 rings (SSSR count). The Bertz CT molecular complexity index is 1230. The van der Waals surface area contributed by atoms with E-state index in [1.165, 1.54) is 17.9 Å². The van der Waals surface area contributed by atoms with Gasteiger partial charge in [0.2, 0.25) is 0 Å². The molecule has 0 atom stereocenters. The normalized spacial score (nSPS) is 13.9. The standard InChI is InChI=1S/C22H17ClF3N3O3/c1-3-12(22(31)32)10(2)14-6-16(25)20(29-8-11(30)9-29)19(23)13(14)4-5-18-15(24)7-17(26)21(27)28-18/h3,6-7,11,30H,2,8-9H2,1H3,(H2,27,28)(H,31,32)/b12-3+. The summed E-state index contributed by atoms with van der Waals surface area (Å²) in [6, 6.07) is 1.54. The van der Waals surface area contributed by atoms with E-state index in [4.69, 9.17) is 17.3 Å². The zero-order valence-corrected chi connectivity index (χ0v) is 17.5. The van der Waals surface area contributed by atoms with Gasteiger partial charge in [-0.15, -0.1) is 0 Å². The van der Waals surface area contributed by atoms with E-state index in [0.717, 1.165) is 6.07 Å². The number of aliphatic carboxylic acids is 1. The van der Waals surface area contributed by atoms with Gasteiger partial charge < -0.3 is 20.8 Å². The summed E-state index contributed by atoms with van der Waals surface area (Å²) in [6.45, 7) is 5.45. The minimum absolute atomic E-state index is 0.0317. The summed E-state index contributed by atoms with van der Waals surface area (Å²) in [4.78, 5) is 16.6. The highest BCUT2D eigenvalue weighted by Crippen LogP contribution is 2.39. The molecule has 2 aromatic rings. The number of aliphatic hydroxyl groups excluding tert-OH is 1. The van der Waals surface area contributed by atoms with Crippen LogP contribution in [0, 0.1) is 29.3 Å². The van der Waals surface area contributed by atoms with Gasteiger partial charge in [0.05, 0.1) is 28.0 Å². The molecular formula is C22H17ClF3N3O3. The number of carboxylic acids is 1. The number of nitrogens with two attached hydrogens (primary N) is 1. The number of allylic oxidation sites excluding steroid dienone is 1. The number of pyridine rings is 1. The highest BCUT2D eigenvalue weighted by atomic mass is 35.5. The van der Waals surface area contributed by atoms with E-state index in [1.54, 1.807) is 0 Å². The van der Waals surface area contributed by atoms with Crippen molar-refractivity contribution in [2.45, 2.75) is 13.0 Å². The molecule has 2 heterocycles. The maximum absolute atomic E-state index is 14.9. The van der Waals surface area contributed by atoms with E-state index < -0.39 is 41.0 Å². The van der Waals surface area contributed by atoms with E-state index in [9.17, 15) is 28.2 Å². The number of β-amino-alcohol motifs (C(OH)–C–C–N with tert-alkyl or cyclic N) is 1. The Hall–Kier alpha value is -3.48. The lowest BCUT2D eigenvalue weighted by Crippen LogP contribution is -2.51. The molecule has 32 heavy (non-hydrogen) atoms. The van der Waals surface area contributed by atoms with E-state index in [1.807, 2.05) is 0 Å². The molecule has 0 aliphatic carbocycles. The summed E-state index contributed by atoms with van der Waals surface area (Å²) in [5, 5.41) is 18.8. The minimum Gasteiger partial charge on any atom is -0.478 e.